The zero-order valence-electron chi connectivity index (χ0n) is 12.7. The standard InChI is InChI=1S/C15H19BN4O2/c1-9-12(11-5-7-17-19-11)13(21)18-14(22)20(9)10-4-3-6-15(2,16)8-10/h3-4,7-9,11-12,19H,5-6H2,1-2H3,(H,18,21,22). The van der Waals surface area contributed by atoms with E-state index in [1.165, 1.54) is 0 Å². The van der Waals surface area contributed by atoms with Crippen molar-refractivity contribution in [2.75, 3.05) is 0 Å². The lowest BCUT2D eigenvalue weighted by Gasteiger charge is -2.42. The van der Waals surface area contributed by atoms with E-state index >= 15 is 0 Å². The first kappa shape index (κ1) is 14.9. The summed E-state index contributed by atoms with van der Waals surface area (Å²) in [5.41, 5.74) is 3.68. The van der Waals surface area contributed by atoms with Gasteiger partial charge in [0.25, 0.3) is 0 Å². The zero-order chi connectivity index (χ0) is 15.9. The number of allylic oxidation sites excluding steroid dienone is 3. The molecule has 1 aliphatic carbocycles. The fourth-order valence-electron chi connectivity index (χ4n) is 3.31. The molecule has 0 aromatic heterocycles. The van der Waals surface area contributed by atoms with Gasteiger partial charge in [-0.15, -0.1) is 0 Å². The molecular formula is C15H19BN4O2. The molecule has 3 amide bonds. The lowest BCUT2D eigenvalue weighted by molar-refractivity contribution is -0.128. The summed E-state index contributed by atoms with van der Waals surface area (Å²) in [6.45, 7) is 3.80. The predicted molar refractivity (Wildman–Crippen MR) is 84.3 cm³/mol. The topological polar surface area (TPSA) is 73.8 Å². The molecule has 22 heavy (non-hydrogen) atoms. The van der Waals surface area contributed by atoms with Crippen molar-refractivity contribution in [1.82, 2.24) is 15.6 Å². The maximum absolute atomic E-state index is 12.3. The number of hydrogen-bond donors (Lipinski definition) is 2. The monoisotopic (exact) mass is 298 g/mol. The van der Waals surface area contributed by atoms with Crippen molar-refractivity contribution in [2.24, 2.45) is 11.0 Å². The molecule has 1 fully saturated rings. The lowest BCUT2D eigenvalue weighted by atomic mass is 9.66. The first-order valence-electron chi connectivity index (χ1n) is 7.48. The van der Waals surface area contributed by atoms with Gasteiger partial charge in [-0.2, -0.15) is 5.10 Å². The van der Waals surface area contributed by atoms with Crippen LogP contribution in [0.1, 0.15) is 26.7 Å². The van der Waals surface area contributed by atoms with Gasteiger partial charge in [-0.3, -0.25) is 15.0 Å². The second-order valence-corrected chi connectivity index (χ2v) is 6.40. The second-order valence-electron chi connectivity index (χ2n) is 6.40. The van der Waals surface area contributed by atoms with Gasteiger partial charge >= 0.3 is 6.03 Å². The fraction of sp³-hybridized carbons (Fsp3) is 0.533. The Labute approximate surface area is 131 Å². The van der Waals surface area contributed by atoms with Gasteiger partial charge < -0.3 is 5.43 Å². The summed E-state index contributed by atoms with van der Waals surface area (Å²) in [7, 11) is 6.16. The maximum Gasteiger partial charge on any atom is 0.328 e. The Balaban J connectivity index is 1.90. The van der Waals surface area contributed by atoms with Gasteiger partial charge in [-0.25, -0.2) is 4.79 Å². The third kappa shape index (κ3) is 2.55. The Hall–Kier alpha value is -2.05. The average Bonchev–Trinajstić information content (AvgIpc) is 2.90. The number of hydrazone groups is 1. The van der Waals surface area contributed by atoms with Gasteiger partial charge in [0.15, 0.2) is 0 Å². The maximum atomic E-state index is 12.3. The molecule has 0 bridgehead atoms. The number of imide groups is 1. The minimum Gasteiger partial charge on any atom is -0.306 e. The molecule has 0 aromatic rings. The van der Waals surface area contributed by atoms with Crippen molar-refractivity contribution in [3.8, 4) is 0 Å². The molecule has 0 saturated carbocycles. The van der Waals surface area contributed by atoms with E-state index in [-0.39, 0.29) is 23.9 Å². The van der Waals surface area contributed by atoms with Crippen molar-refractivity contribution in [3.05, 3.63) is 23.9 Å². The van der Waals surface area contributed by atoms with E-state index < -0.39 is 11.3 Å². The molecular weight excluding hydrogens is 279 g/mol. The van der Waals surface area contributed by atoms with Gasteiger partial charge in [0.05, 0.1) is 19.8 Å². The number of carbonyl (C=O) groups is 2. The Morgan fingerprint density at radius 3 is 2.86 bits per heavy atom. The van der Waals surface area contributed by atoms with Crippen LogP contribution in [0.3, 0.4) is 0 Å². The number of amides is 3. The van der Waals surface area contributed by atoms with Gasteiger partial charge in [0.1, 0.15) is 0 Å². The van der Waals surface area contributed by atoms with E-state index in [2.05, 4.69) is 15.8 Å². The Bertz CT molecular complexity index is 588. The molecule has 3 aliphatic rings. The van der Waals surface area contributed by atoms with E-state index in [0.717, 1.165) is 12.1 Å². The van der Waals surface area contributed by atoms with Crippen LogP contribution in [-0.4, -0.2) is 43.0 Å². The smallest absolute Gasteiger partial charge is 0.306 e. The first-order chi connectivity index (χ1) is 10.4. The highest BCUT2D eigenvalue weighted by Gasteiger charge is 2.44. The SMILES string of the molecule is [B]C1(C)C=C(N2C(=O)NC(=O)C(C3CC=NN3)C2C)C=CC1. The molecule has 2 radical (unpaired) electrons. The summed E-state index contributed by atoms with van der Waals surface area (Å²) in [4.78, 5) is 26.2. The molecule has 6 nitrogen and oxygen atoms in total. The molecule has 4 atom stereocenters. The molecule has 0 spiro atoms. The van der Waals surface area contributed by atoms with Crippen LogP contribution in [-0.2, 0) is 4.79 Å². The lowest BCUT2D eigenvalue weighted by Crippen LogP contribution is -2.62. The average molecular weight is 298 g/mol. The molecule has 0 aromatic carbocycles. The van der Waals surface area contributed by atoms with Gasteiger partial charge in [0.2, 0.25) is 5.91 Å². The van der Waals surface area contributed by atoms with Crippen LogP contribution in [0.5, 0.6) is 0 Å². The van der Waals surface area contributed by atoms with Crippen LogP contribution in [0, 0.1) is 5.92 Å². The predicted octanol–water partition coefficient (Wildman–Crippen LogP) is 1.08. The summed E-state index contributed by atoms with van der Waals surface area (Å²) in [6, 6.07) is -0.769. The minimum atomic E-state index is -0.490. The van der Waals surface area contributed by atoms with Gasteiger partial charge in [-0.05, 0) is 24.7 Å². The van der Waals surface area contributed by atoms with E-state index in [1.807, 2.05) is 32.1 Å². The normalized spacial score (nSPS) is 37.8. The summed E-state index contributed by atoms with van der Waals surface area (Å²) < 4.78 is 0. The molecule has 114 valence electrons. The Kier molecular flexibility index (Phi) is 3.58. The molecule has 2 aliphatic heterocycles. The van der Waals surface area contributed by atoms with Crippen LogP contribution in [0.2, 0.25) is 5.31 Å². The summed E-state index contributed by atoms with van der Waals surface area (Å²) in [6.07, 6.45) is 8.87. The van der Waals surface area contributed by atoms with Crippen molar-refractivity contribution in [1.29, 1.82) is 0 Å². The number of nitrogens with zero attached hydrogens (tertiary/aromatic N) is 2. The Morgan fingerprint density at radius 1 is 1.45 bits per heavy atom. The van der Waals surface area contributed by atoms with Crippen LogP contribution < -0.4 is 10.7 Å². The van der Waals surface area contributed by atoms with E-state index in [1.54, 1.807) is 11.1 Å². The molecule has 2 N–H and O–H groups in total. The van der Waals surface area contributed by atoms with E-state index in [0.29, 0.717) is 6.42 Å². The summed E-state index contributed by atoms with van der Waals surface area (Å²) in [5, 5.41) is 5.94. The highest BCUT2D eigenvalue weighted by Crippen LogP contribution is 2.36. The summed E-state index contributed by atoms with van der Waals surface area (Å²) in [5.74, 6) is -0.617. The molecule has 7 heteroatoms. The van der Waals surface area contributed by atoms with Crippen molar-refractivity contribution in [3.63, 3.8) is 0 Å². The zero-order valence-corrected chi connectivity index (χ0v) is 12.7. The third-order valence-electron chi connectivity index (χ3n) is 4.41. The van der Waals surface area contributed by atoms with Crippen LogP contribution in [0.25, 0.3) is 0 Å². The molecule has 4 unspecified atom stereocenters. The van der Waals surface area contributed by atoms with E-state index in [4.69, 9.17) is 7.85 Å². The number of nitrogens with one attached hydrogen (secondary N) is 2. The number of urea groups is 1. The van der Waals surface area contributed by atoms with Crippen LogP contribution in [0.15, 0.2) is 29.0 Å². The van der Waals surface area contributed by atoms with Crippen molar-refractivity contribution < 1.29 is 9.59 Å². The van der Waals surface area contributed by atoms with Crippen LogP contribution >= 0.6 is 0 Å². The molecule has 3 rings (SSSR count). The van der Waals surface area contributed by atoms with Crippen molar-refractivity contribution in [2.45, 2.75) is 44.1 Å². The minimum absolute atomic E-state index is 0.0944. The first-order valence-corrected chi connectivity index (χ1v) is 7.48. The molecule has 1 saturated heterocycles. The van der Waals surface area contributed by atoms with Gasteiger partial charge in [-0.1, -0.05) is 19.1 Å². The van der Waals surface area contributed by atoms with Gasteiger partial charge in [0, 0.05) is 24.4 Å². The highest BCUT2D eigenvalue weighted by molar-refractivity contribution is 6.16. The Morgan fingerprint density at radius 2 is 2.23 bits per heavy atom. The number of carbonyl (C=O) groups excluding carboxylic acids is 2. The quantitative estimate of drug-likeness (QED) is 0.749. The third-order valence-corrected chi connectivity index (χ3v) is 4.41. The van der Waals surface area contributed by atoms with Crippen molar-refractivity contribution >= 4 is 26.0 Å². The highest BCUT2D eigenvalue weighted by atomic mass is 16.2. The summed E-state index contributed by atoms with van der Waals surface area (Å²) >= 11 is 0. The largest absolute Gasteiger partial charge is 0.328 e. The molecule has 2 heterocycles. The fourth-order valence-corrected chi connectivity index (χ4v) is 3.31. The second kappa shape index (κ2) is 5.30. The van der Waals surface area contributed by atoms with Crippen LogP contribution in [0.4, 0.5) is 4.79 Å². The number of rotatable bonds is 2. The van der Waals surface area contributed by atoms with E-state index in [9.17, 15) is 9.59 Å². The number of hydrogen-bond acceptors (Lipinski definition) is 4.